The molecule has 0 saturated carbocycles. The Morgan fingerprint density at radius 3 is 2.75 bits per heavy atom. The third-order valence-electron chi connectivity index (χ3n) is 3.33. The van der Waals surface area contributed by atoms with E-state index in [0.717, 1.165) is 22.6 Å². The van der Waals surface area contributed by atoms with Gasteiger partial charge in [-0.2, -0.15) is 0 Å². The first kappa shape index (κ1) is 15.0. The van der Waals surface area contributed by atoms with Gasteiger partial charge in [0.1, 0.15) is 6.54 Å². The van der Waals surface area contributed by atoms with E-state index in [0.29, 0.717) is 18.7 Å². The number of carbonyl (C=O) groups excluding carboxylic acids is 1. The minimum Gasteiger partial charge on any atom is -0.480 e. The third-order valence-corrected chi connectivity index (χ3v) is 4.30. The topological polar surface area (TPSA) is 66.8 Å². The summed E-state index contributed by atoms with van der Waals surface area (Å²) in [6.45, 7) is 4.58. The number of amides is 1. The molecule has 0 bridgehead atoms. The van der Waals surface area contributed by atoms with Gasteiger partial charge < -0.3 is 14.7 Å². The second-order valence-electron chi connectivity index (χ2n) is 5.04. The Morgan fingerprint density at radius 2 is 2.25 bits per heavy atom. The second-order valence-corrected chi connectivity index (χ2v) is 6.50. The number of hydrogen-bond donors (Lipinski definition) is 1. The minimum atomic E-state index is -0.999. The van der Waals surface area contributed by atoms with Crippen molar-refractivity contribution in [2.24, 2.45) is 0 Å². The number of rotatable bonds is 5. The van der Waals surface area contributed by atoms with E-state index >= 15 is 0 Å². The number of hydrogen-bond acceptors (Lipinski definition) is 4. The standard InChI is InChI=1S/C14H19NO4S/c1-9-6-12(10(2)20-9)14(18)15(8-13(16)17)7-11-4-3-5-19-11/h6,11H,3-5,7-8H2,1-2H3,(H,16,17)/t11-/m1/s1. The lowest BCUT2D eigenvalue weighted by atomic mass is 10.2. The number of aliphatic carboxylic acids is 1. The second kappa shape index (κ2) is 6.37. The van der Waals surface area contributed by atoms with Crippen molar-refractivity contribution in [3.63, 3.8) is 0 Å². The minimum absolute atomic E-state index is 0.0432. The lowest BCUT2D eigenvalue weighted by Crippen LogP contribution is -2.40. The Hall–Kier alpha value is -1.40. The Labute approximate surface area is 122 Å². The molecular formula is C14H19NO4S. The van der Waals surface area contributed by atoms with Crippen LogP contribution in [0, 0.1) is 13.8 Å². The SMILES string of the molecule is Cc1cc(C(=O)N(CC(=O)O)C[C@H]2CCCO2)c(C)s1. The summed E-state index contributed by atoms with van der Waals surface area (Å²) in [6.07, 6.45) is 1.81. The zero-order valence-corrected chi connectivity index (χ0v) is 12.5. The number of nitrogens with zero attached hydrogens (tertiary/aromatic N) is 1. The Kier molecular flexibility index (Phi) is 4.77. The van der Waals surface area contributed by atoms with Crippen LogP contribution in [0.1, 0.15) is 33.0 Å². The summed E-state index contributed by atoms with van der Waals surface area (Å²) in [5.74, 6) is -1.22. The number of aryl methyl sites for hydroxylation is 2. The van der Waals surface area contributed by atoms with E-state index in [1.54, 1.807) is 11.3 Å². The predicted molar refractivity (Wildman–Crippen MR) is 76.3 cm³/mol. The van der Waals surface area contributed by atoms with Gasteiger partial charge in [0.15, 0.2) is 0 Å². The summed E-state index contributed by atoms with van der Waals surface area (Å²) >= 11 is 1.55. The number of carboxylic acids is 1. The van der Waals surface area contributed by atoms with Crippen LogP contribution in [0.4, 0.5) is 0 Å². The molecule has 0 unspecified atom stereocenters. The largest absolute Gasteiger partial charge is 0.480 e. The van der Waals surface area contributed by atoms with E-state index in [-0.39, 0.29) is 18.6 Å². The average Bonchev–Trinajstić information content (AvgIpc) is 2.96. The molecule has 1 amide bonds. The van der Waals surface area contributed by atoms with Gasteiger partial charge in [-0.3, -0.25) is 9.59 Å². The molecule has 1 atom stereocenters. The molecule has 0 spiro atoms. The van der Waals surface area contributed by atoms with Gasteiger partial charge in [0.05, 0.1) is 11.7 Å². The van der Waals surface area contributed by atoms with Gasteiger partial charge in [0.25, 0.3) is 5.91 Å². The van der Waals surface area contributed by atoms with Gasteiger partial charge in [-0.1, -0.05) is 0 Å². The van der Waals surface area contributed by atoms with Crippen LogP contribution in [0.3, 0.4) is 0 Å². The Morgan fingerprint density at radius 1 is 1.50 bits per heavy atom. The molecule has 1 aliphatic heterocycles. The van der Waals surface area contributed by atoms with Gasteiger partial charge in [0.2, 0.25) is 0 Å². The van der Waals surface area contributed by atoms with Crippen molar-refractivity contribution < 1.29 is 19.4 Å². The summed E-state index contributed by atoms with van der Waals surface area (Å²) in [7, 11) is 0. The van der Waals surface area contributed by atoms with Crippen LogP contribution < -0.4 is 0 Å². The fourth-order valence-electron chi connectivity index (χ4n) is 2.43. The highest BCUT2D eigenvalue weighted by Gasteiger charge is 2.26. The first-order chi connectivity index (χ1) is 9.47. The Bertz CT molecular complexity index is 505. The zero-order valence-electron chi connectivity index (χ0n) is 11.7. The molecule has 1 aromatic heterocycles. The molecule has 1 N–H and O–H groups in total. The van der Waals surface area contributed by atoms with Crippen LogP contribution in [0.2, 0.25) is 0 Å². The first-order valence-corrected chi connectivity index (χ1v) is 7.48. The summed E-state index contributed by atoms with van der Waals surface area (Å²) in [4.78, 5) is 26.9. The van der Waals surface area contributed by atoms with E-state index in [1.165, 1.54) is 4.90 Å². The van der Waals surface area contributed by atoms with Crippen molar-refractivity contribution in [2.75, 3.05) is 19.7 Å². The number of ether oxygens (including phenoxy) is 1. The van der Waals surface area contributed by atoms with Gasteiger partial charge >= 0.3 is 5.97 Å². The fourth-order valence-corrected chi connectivity index (χ4v) is 3.35. The highest BCUT2D eigenvalue weighted by atomic mass is 32.1. The molecule has 110 valence electrons. The van der Waals surface area contributed by atoms with Crippen molar-refractivity contribution in [3.05, 3.63) is 21.4 Å². The maximum absolute atomic E-state index is 12.5. The van der Waals surface area contributed by atoms with E-state index in [1.807, 2.05) is 19.9 Å². The highest BCUT2D eigenvalue weighted by molar-refractivity contribution is 7.12. The molecule has 5 nitrogen and oxygen atoms in total. The van der Waals surface area contributed by atoms with Crippen LogP contribution in [-0.2, 0) is 9.53 Å². The molecule has 0 radical (unpaired) electrons. The molecule has 1 aliphatic rings. The molecule has 2 rings (SSSR count). The molecule has 20 heavy (non-hydrogen) atoms. The monoisotopic (exact) mass is 297 g/mol. The van der Waals surface area contributed by atoms with Crippen molar-refractivity contribution in [2.45, 2.75) is 32.8 Å². The molecule has 6 heteroatoms. The van der Waals surface area contributed by atoms with Gasteiger partial charge in [-0.15, -0.1) is 11.3 Å². The van der Waals surface area contributed by atoms with Gasteiger partial charge in [-0.25, -0.2) is 0 Å². The normalized spacial score (nSPS) is 18.2. The third kappa shape index (κ3) is 3.58. The summed E-state index contributed by atoms with van der Waals surface area (Å²) < 4.78 is 5.50. The molecular weight excluding hydrogens is 278 g/mol. The molecule has 1 fully saturated rings. The van der Waals surface area contributed by atoms with Crippen LogP contribution in [0.5, 0.6) is 0 Å². The van der Waals surface area contributed by atoms with Crippen molar-refractivity contribution in [1.29, 1.82) is 0 Å². The number of carboxylic acid groups (broad SMARTS) is 1. The molecule has 1 aromatic rings. The lowest BCUT2D eigenvalue weighted by molar-refractivity contribution is -0.138. The van der Waals surface area contributed by atoms with Crippen molar-refractivity contribution >= 4 is 23.2 Å². The maximum atomic E-state index is 12.5. The number of carbonyl (C=O) groups is 2. The maximum Gasteiger partial charge on any atom is 0.323 e. The van der Waals surface area contributed by atoms with E-state index < -0.39 is 5.97 Å². The molecule has 0 aliphatic carbocycles. The molecule has 0 aromatic carbocycles. The summed E-state index contributed by atoms with van der Waals surface area (Å²) in [6, 6.07) is 1.83. The zero-order chi connectivity index (χ0) is 14.7. The summed E-state index contributed by atoms with van der Waals surface area (Å²) in [5, 5.41) is 9.00. The smallest absolute Gasteiger partial charge is 0.323 e. The van der Waals surface area contributed by atoms with Crippen molar-refractivity contribution in [3.8, 4) is 0 Å². The van der Waals surface area contributed by atoms with Crippen LogP contribution in [0.25, 0.3) is 0 Å². The summed E-state index contributed by atoms with van der Waals surface area (Å²) in [5.41, 5.74) is 0.603. The fraction of sp³-hybridized carbons (Fsp3) is 0.571. The van der Waals surface area contributed by atoms with Gasteiger partial charge in [0, 0.05) is 22.9 Å². The predicted octanol–water partition coefficient (Wildman–Crippen LogP) is 2.07. The highest BCUT2D eigenvalue weighted by Crippen LogP contribution is 2.23. The molecule has 2 heterocycles. The van der Waals surface area contributed by atoms with E-state index in [4.69, 9.17) is 9.84 Å². The van der Waals surface area contributed by atoms with Crippen LogP contribution in [-0.4, -0.2) is 47.7 Å². The number of thiophene rings is 1. The quantitative estimate of drug-likeness (QED) is 0.903. The average molecular weight is 297 g/mol. The first-order valence-electron chi connectivity index (χ1n) is 6.67. The van der Waals surface area contributed by atoms with Gasteiger partial charge in [-0.05, 0) is 32.8 Å². The Balaban J connectivity index is 2.14. The van der Waals surface area contributed by atoms with E-state index in [2.05, 4.69) is 0 Å². The lowest BCUT2D eigenvalue weighted by Gasteiger charge is -2.23. The molecule has 1 saturated heterocycles. The van der Waals surface area contributed by atoms with E-state index in [9.17, 15) is 9.59 Å². The van der Waals surface area contributed by atoms with Crippen LogP contribution >= 0.6 is 11.3 Å². The van der Waals surface area contributed by atoms with Crippen molar-refractivity contribution in [1.82, 2.24) is 4.90 Å². The van der Waals surface area contributed by atoms with Crippen LogP contribution in [0.15, 0.2) is 6.07 Å².